The van der Waals surface area contributed by atoms with Crippen molar-refractivity contribution in [1.29, 1.82) is 0 Å². The lowest BCUT2D eigenvalue weighted by molar-refractivity contribution is 0.0915. The number of ether oxygens (including phenoxy) is 4. The lowest BCUT2D eigenvalue weighted by atomic mass is 10.2. The van der Waals surface area contributed by atoms with Crippen molar-refractivity contribution in [1.82, 2.24) is 10.6 Å². The molecule has 1 aliphatic rings. The molecule has 1 aliphatic heterocycles. The Morgan fingerprint density at radius 3 is 2.60 bits per heavy atom. The van der Waals surface area contributed by atoms with Crippen molar-refractivity contribution in [3.05, 3.63) is 48.5 Å². The van der Waals surface area contributed by atoms with E-state index in [1.807, 2.05) is 36.4 Å². The van der Waals surface area contributed by atoms with E-state index in [0.717, 1.165) is 0 Å². The van der Waals surface area contributed by atoms with E-state index in [9.17, 15) is 4.79 Å². The number of carbonyl (C=O) groups excluding carboxylic acids is 1. The molecule has 0 radical (unpaired) electrons. The van der Waals surface area contributed by atoms with Gasteiger partial charge in [-0.3, -0.25) is 0 Å². The van der Waals surface area contributed by atoms with Gasteiger partial charge >= 0.3 is 6.03 Å². The third-order valence-corrected chi connectivity index (χ3v) is 3.59. The molecule has 0 saturated carbocycles. The minimum Gasteiger partial charge on any atom is -0.493 e. The Hall–Kier alpha value is -3.09. The Morgan fingerprint density at radius 1 is 1.08 bits per heavy atom. The summed E-state index contributed by atoms with van der Waals surface area (Å²) < 4.78 is 22.0. The van der Waals surface area contributed by atoms with Gasteiger partial charge in [-0.1, -0.05) is 24.3 Å². The highest BCUT2D eigenvalue weighted by Gasteiger charge is 2.20. The molecule has 0 aliphatic carbocycles. The first-order chi connectivity index (χ1) is 12.3. The summed E-state index contributed by atoms with van der Waals surface area (Å²) in [5, 5.41) is 5.35. The number of hydrogen-bond acceptors (Lipinski definition) is 5. The van der Waals surface area contributed by atoms with Gasteiger partial charge in [-0.15, -0.1) is 0 Å². The number of amides is 2. The van der Waals surface area contributed by atoms with E-state index in [0.29, 0.717) is 36.1 Å². The third-order valence-electron chi connectivity index (χ3n) is 3.59. The monoisotopic (exact) mass is 344 g/mol. The van der Waals surface area contributed by atoms with Crippen LogP contribution in [0.15, 0.2) is 48.5 Å². The summed E-state index contributed by atoms with van der Waals surface area (Å²) in [5.41, 5.74) is 0. The van der Waals surface area contributed by atoms with Crippen molar-refractivity contribution in [2.45, 2.75) is 6.10 Å². The first-order valence-corrected chi connectivity index (χ1v) is 7.92. The van der Waals surface area contributed by atoms with Crippen molar-refractivity contribution >= 4 is 6.03 Å². The normalized spacial score (nSPS) is 15.2. The third kappa shape index (κ3) is 4.47. The van der Waals surface area contributed by atoms with E-state index in [2.05, 4.69) is 10.6 Å². The fourth-order valence-corrected chi connectivity index (χ4v) is 2.35. The van der Waals surface area contributed by atoms with E-state index in [1.54, 1.807) is 19.2 Å². The van der Waals surface area contributed by atoms with Crippen molar-refractivity contribution in [3.63, 3.8) is 0 Å². The molecule has 0 aromatic heterocycles. The molecule has 3 rings (SSSR count). The van der Waals surface area contributed by atoms with Crippen LogP contribution in [0.3, 0.4) is 0 Å². The maximum absolute atomic E-state index is 11.8. The van der Waals surface area contributed by atoms with Crippen LogP contribution in [-0.4, -0.2) is 39.1 Å². The summed E-state index contributed by atoms with van der Waals surface area (Å²) in [6.45, 7) is 0.737. The van der Waals surface area contributed by atoms with Crippen LogP contribution in [0.2, 0.25) is 0 Å². The van der Waals surface area contributed by atoms with E-state index in [4.69, 9.17) is 18.9 Å². The molecule has 0 fully saturated rings. The molecule has 0 bridgehead atoms. The lowest BCUT2D eigenvalue weighted by Crippen LogP contribution is -2.45. The smallest absolute Gasteiger partial charge is 0.317 e. The maximum atomic E-state index is 11.8. The van der Waals surface area contributed by atoms with Crippen LogP contribution < -0.4 is 29.6 Å². The Kier molecular flexibility index (Phi) is 5.46. The number of urea groups is 1. The highest BCUT2D eigenvalue weighted by atomic mass is 16.6. The molecule has 1 unspecified atom stereocenters. The largest absolute Gasteiger partial charge is 0.493 e. The number of fused-ring (bicyclic) bond motifs is 1. The summed E-state index contributed by atoms with van der Waals surface area (Å²) in [6.07, 6.45) is -0.240. The molecule has 2 aromatic carbocycles. The molecule has 0 spiro atoms. The van der Waals surface area contributed by atoms with E-state index < -0.39 is 0 Å². The van der Waals surface area contributed by atoms with Crippen molar-refractivity contribution in [2.24, 2.45) is 0 Å². The molecule has 2 aromatic rings. The summed E-state index contributed by atoms with van der Waals surface area (Å²) in [6, 6.07) is 14.3. The van der Waals surface area contributed by atoms with Crippen LogP contribution in [0.4, 0.5) is 4.79 Å². The highest BCUT2D eigenvalue weighted by Crippen LogP contribution is 2.30. The number of carbonyl (C=O) groups is 1. The van der Waals surface area contributed by atoms with Gasteiger partial charge in [0.1, 0.15) is 6.61 Å². The number of methoxy groups -OCH3 is 1. The Bertz CT molecular complexity index is 722. The van der Waals surface area contributed by atoms with Gasteiger partial charge in [0.25, 0.3) is 0 Å². The van der Waals surface area contributed by atoms with Crippen LogP contribution in [0.25, 0.3) is 0 Å². The fourth-order valence-electron chi connectivity index (χ4n) is 2.35. The molecule has 1 atom stereocenters. The van der Waals surface area contributed by atoms with E-state index in [-0.39, 0.29) is 18.9 Å². The first-order valence-electron chi connectivity index (χ1n) is 7.92. The Morgan fingerprint density at radius 2 is 1.80 bits per heavy atom. The zero-order chi connectivity index (χ0) is 17.5. The van der Waals surface area contributed by atoms with E-state index >= 15 is 0 Å². The average Bonchev–Trinajstić information content (AvgIpc) is 2.66. The average molecular weight is 344 g/mol. The summed E-state index contributed by atoms with van der Waals surface area (Å²) >= 11 is 0. The zero-order valence-corrected chi connectivity index (χ0v) is 13.9. The molecule has 7 heteroatoms. The van der Waals surface area contributed by atoms with Crippen LogP contribution in [0.1, 0.15) is 0 Å². The predicted molar refractivity (Wildman–Crippen MR) is 91.4 cm³/mol. The molecule has 2 N–H and O–H groups in total. The van der Waals surface area contributed by atoms with Crippen LogP contribution in [-0.2, 0) is 0 Å². The van der Waals surface area contributed by atoms with Crippen molar-refractivity contribution in [3.8, 4) is 23.0 Å². The number of hydrogen-bond donors (Lipinski definition) is 2. The Balaban J connectivity index is 1.39. The number of nitrogens with one attached hydrogen (secondary N) is 2. The van der Waals surface area contributed by atoms with Crippen LogP contribution in [0, 0.1) is 0 Å². The van der Waals surface area contributed by atoms with Gasteiger partial charge in [-0.05, 0) is 24.3 Å². The molecule has 0 saturated heterocycles. The second-order valence-corrected chi connectivity index (χ2v) is 5.32. The lowest BCUT2D eigenvalue weighted by Gasteiger charge is -2.26. The molecule has 25 heavy (non-hydrogen) atoms. The minimum absolute atomic E-state index is 0.0249. The molecule has 132 valence electrons. The molecular formula is C18H20N2O5. The van der Waals surface area contributed by atoms with Gasteiger partial charge < -0.3 is 29.6 Å². The number of rotatable bonds is 6. The van der Waals surface area contributed by atoms with Crippen molar-refractivity contribution < 1.29 is 23.7 Å². The second kappa shape index (κ2) is 8.14. The first kappa shape index (κ1) is 16.8. The predicted octanol–water partition coefficient (Wildman–Crippen LogP) is 2.17. The van der Waals surface area contributed by atoms with Gasteiger partial charge in [0, 0.05) is 0 Å². The number of para-hydroxylation sites is 4. The highest BCUT2D eigenvalue weighted by molar-refractivity contribution is 5.73. The quantitative estimate of drug-likeness (QED) is 0.786. The summed E-state index contributed by atoms with van der Waals surface area (Å²) in [5.74, 6) is 2.57. The number of benzene rings is 2. The van der Waals surface area contributed by atoms with Crippen molar-refractivity contribution in [2.75, 3.05) is 27.0 Å². The topological polar surface area (TPSA) is 78.1 Å². The van der Waals surface area contributed by atoms with E-state index in [1.165, 1.54) is 0 Å². The van der Waals surface area contributed by atoms with Gasteiger partial charge in [-0.2, -0.15) is 0 Å². The SMILES string of the molecule is COc1ccccc1OCNC(=O)NCC1COc2ccccc2O1. The zero-order valence-electron chi connectivity index (χ0n) is 13.9. The van der Waals surface area contributed by atoms with Gasteiger partial charge in [0.2, 0.25) is 0 Å². The van der Waals surface area contributed by atoms with Gasteiger partial charge in [-0.25, -0.2) is 4.79 Å². The van der Waals surface area contributed by atoms with Crippen LogP contribution in [0.5, 0.6) is 23.0 Å². The summed E-state index contributed by atoms with van der Waals surface area (Å²) in [7, 11) is 1.56. The second-order valence-electron chi connectivity index (χ2n) is 5.32. The van der Waals surface area contributed by atoms with Gasteiger partial charge in [0.15, 0.2) is 35.8 Å². The Labute approximate surface area is 145 Å². The maximum Gasteiger partial charge on any atom is 0.317 e. The molecular weight excluding hydrogens is 324 g/mol. The molecule has 1 heterocycles. The standard InChI is InChI=1S/C18H20N2O5/c1-22-14-6-2-3-7-15(14)24-12-20-18(21)19-10-13-11-23-16-8-4-5-9-17(16)25-13/h2-9,13H,10-12H2,1H3,(H2,19,20,21). The fraction of sp³-hybridized carbons (Fsp3) is 0.278. The molecule has 7 nitrogen and oxygen atoms in total. The molecule has 2 amide bonds. The van der Waals surface area contributed by atoms with Gasteiger partial charge in [0.05, 0.1) is 13.7 Å². The van der Waals surface area contributed by atoms with Crippen LogP contribution >= 0.6 is 0 Å². The minimum atomic E-state index is -0.350. The summed E-state index contributed by atoms with van der Waals surface area (Å²) in [4.78, 5) is 11.8.